The maximum atomic E-state index is 12.6. The lowest BCUT2D eigenvalue weighted by atomic mass is 9.69. The van der Waals surface area contributed by atoms with E-state index in [2.05, 4.69) is 39.5 Å². The summed E-state index contributed by atoms with van der Waals surface area (Å²) in [5.41, 5.74) is 3.22. The van der Waals surface area contributed by atoms with Crippen LogP contribution < -0.4 is 10.1 Å². The van der Waals surface area contributed by atoms with Crippen molar-refractivity contribution in [3.8, 4) is 5.75 Å². The van der Waals surface area contributed by atoms with Crippen LogP contribution in [0.5, 0.6) is 5.75 Å². The summed E-state index contributed by atoms with van der Waals surface area (Å²) in [5, 5.41) is 16.3. The van der Waals surface area contributed by atoms with Gasteiger partial charge in [0.25, 0.3) is 0 Å². The zero-order chi connectivity index (χ0) is 26.2. The van der Waals surface area contributed by atoms with Crippen molar-refractivity contribution in [3.05, 3.63) is 88.4 Å². The number of rotatable bonds is 8. The molecule has 8 heteroatoms. The van der Waals surface area contributed by atoms with Crippen molar-refractivity contribution in [2.75, 3.05) is 18.5 Å². The topological polar surface area (TPSA) is 74.7 Å². The second-order valence-corrected chi connectivity index (χ2v) is 11.6. The minimum Gasteiger partial charge on any atom is -0.492 e. The molecule has 2 aliphatic rings. The molecule has 0 unspecified atom stereocenters. The number of nitrogens with zero attached hydrogens (tertiary/aromatic N) is 2. The van der Waals surface area contributed by atoms with E-state index in [-0.39, 0.29) is 5.54 Å². The Morgan fingerprint density at radius 3 is 2.76 bits per heavy atom. The summed E-state index contributed by atoms with van der Waals surface area (Å²) in [7, 11) is 0. The first-order valence-corrected chi connectivity index (χ1v) is 14.3. The molecule has 1 fully saturated rings. The molecule has 0 atom stereocenters. The predicted molar refractivity (Wildman–Crippen MR) is 152 cm³/mol. The molecule has 1 aliphatic carbocycles. The third kappa shape index (κ3) is 4.53. The highest BCUT2D eigenvalue weighted by atomic mass is 35.5. The zero-order valence-corrected chi connectivity index (χ0v) is 22.6. The van der Waals surface area contributed by atoms with Gasteiger partial charge in [-0.05, 0) is 78.9 Å². The number of halogens is 1. The molecule has 6 nitrogen and oxygen atoms in total. The van der Waals surface area contributed by atoms with E-state index in [1.54, 1.807) is 29.7 Å². The molecule has 196 valence electrons. The molecule has 2 N–H and O–H groups in total. The van der Waals surface area contributed by atoms with Crippen LogP contribution >= 0.6 is 22.9 Å². The molecule has 0 bridgehead atoms. The fourth-order valence-corrected chi connectivity index (χ4v) is 7.25. The molecule has 4 aromatic rings. The average Bonchev–Trinajstić information content (AvgIpc) is 3.52. The summed E-state index contributed by atoms with van der Waals surface area (Å²) < 4.78 is 7.26. The summed E-state index contributed by atoms with van der Waals surface area (Å²) >= 11 is 7.83. The number of pyridine rings is 1. The smallest absolute Gasteiger partial charge is 0.329 e. The van der Waals surface area contributed by atoms with Crippen LogP contribution in [0.2, 0.25) is 5.02 Å². The van der Waals surface area contributed by atoms with Crippen LogP contribution in [0.4, 0.5) is 5.69 Å². The second-order valence-electron chi connectivity index (χ2n) is 10.3. The number of hydrogen-bond acceptors (Lipinski definition) is 6. The molecule has 2 aromatic carbocycles. The maximum absolute atomic E-state index is 12.6. The van der Waals surface area contributed by atoms with Gasteiger partial charge in [0.15, 0.2) is 0 Å². The minimum absolute atomic E-state index is 0.163. The van der Waals surface area contributed by atoms with E-state index in [0.29, 0.717) is 24.5 Å². The quantitative estimate of drug-likeness (QED) is 0.233. The van der Waals surface area contributed by atoms with Gasteiger partial charge in [0.2, 0.25) is 0 Å². The Labute approximate surface area is 231 Å². The molecule has 1 saturated carbocycles. The SMILES string of the molecule is O=C(O)C1(Nc2cccc(Cl)c2)CCC2(CC1)c1ccccc1CN2CCCOc1ccnc2ccsc12. The van der Waals surface area contributed by atoms with Gasteiger partial charge in [-0.25, -0.2) is 4.79 Å². The van der Waals surface area contributed by atoms with E-state index in [9.17, 15) is 9.90 Å². The number of nitrogens with one attached hydrogen (secondary N) is 1. The Balaban J connectivity index is 1.18. The fraction of sp³-hybridized carbons (Fsp3) is 0.333. The van der Waals surface area contributed by atoms with Crippen molar-refractivity contribution in [1.29, 1.82) is 0 Å². The lowest BCUT2D eigenvalue weighted by molar-refractivity contribution is -0.144. The van der Waals surface area contributed by atoms with Crippen molar-refractivity contribution in [3.63, 3.8) is 0 Å². The molecule has 2 aromatic heterocycles. The van der Waals surface area contributed by atoms with E-state index >= 15 is 0 Å². The number of carboxylic acids is 1. The van der Waals surface area contributed by atoms with E-state index < -0.39 is 11.5 Å². The zero-order valence-electron chi connectivity index (χ0n) is 21.0. The monoisotopic (exact) mass is 547 g/mol. The van der Waals surface area contributed by atoms with E-state index in [0.717, 1.165) is 54.0 Å². The van der Waals surface area contributed by atoms with Crippen molar-refractivity contribution in [2.24, 2.45) is 0 Å². The molecule has 6 rings (SSSR count). The standard InChI is InChI=1S/C30H30ClN3O3S/c31-22-6-3-7-23(19-22)33-29(28(35)36)11-13-30(14-12-29)24-8-2-1-5-21(24)20-34(30)16-4-17-37-26-9-15-32-25-10-18-38-27(25)26/h1-3,5-10,15,18-19,33H,4,11-14,16-17,20H2,(H,35,36). The predicted octanol–water partition coefficient (Wildman–Crippen LogP) is 6.94. The Morgan fingerprint density at radius 2 is 1.95 bits per heavy atom. The van der Waals surface area contributed by atoms with Gasteiger partial charge in [-0.1, -0.05) is 41.9 Å². The first-order valence-electron chi connectivity index (χ1n) is 13.0. The van der Waals surface area contributed by atoms with Crippen LogP contribution in [0.3, 0.4) is 0 Å². The van der Waals surface area contributed by atoms with Crippen LogP contribution in [0.25, 0.3) is 10.2 Å². The van der Waals surface area contributed by atoms with Crippen LogP contribution in [0, 0.1) is 0 Å². The van der Waals surface area contributed by atoms with Crippen LogP contribution in [0.15, 0.2) is 72.2 Å². The number of hydrogen-bond donors (Lipinski definition) is 2. The van der Waals surface area contributed by atoms with Crippen LogP contribution in [0.1, 0.15) is 43.2 Å². The normalized spacial score (nSPS) is 23.0. The highest BCUT2D eigenvalue weighted by molar-refractivity contribution is 7.17. The Hall–Kier alpha value is -3.13. The van der Waals surface area contributed by atoms with Gasteiger partial charge < -0.3 is 15.2 Å². The summed E-state index contributed by atoms with van der Waals surface area (Å²) in [4.78, 5) is 19.5. The lowest BCUT2D eigenvalue weighted by Crippen LogP contribution is -2.55. The second kappa shape index (κ2) is 10.2. The number of carboxylic acid groups (broad SMARTS) is 1. The molecule has 0 radical (unpaired) electrons. The third-order valence-corrected chi connectivity index (χ3v) is 9.32. The van der Waals surface area contributed by atoms with Crippen LogP contribution in [-0.2, 0) is 16.9 Å². The number of aromatic nitrogens is 1. The minimum atomic E-state index is -1.02. The number of ether oxygens (including phenoxy) is 1. The number of carbonyl (C=O) groups is 1. The number of fused-ring (bicyclic) bond motifs is 3. The summed E-state index contributed by atoms with van der Waals surface area (Å²) in [5.74, 6) is 0.0798. The van der Waals surface area contributed by atoms with Gasteiger partial charge in [-0.3, -0.25) is 9.88 Å². The van der Waals surface area contributed by atoms with E-state index in [4.69, 9.17) is 16.3 Å². The van der Waals surface area contributed by atoms with Gasteiger partial charge >= 0.3 is 5.97 Å². The molecular formula is C30H30ClN3O3S. The first-order chi connectivity index (χ1) is 18.5. The third-order valence-electron chi connectivity index (χ3n) is 8.17. The van der Waals surface area contributed by atoms with E-state index in [1.165, 1.54) is 11.1 Å². The molecule has 1 aliphatic heterocycles. The molecule has 3 heterocycles. The van der Waals surface area contributed by atoms with Crippen LogP contribution in [-0.4, -0.2) is 39.7 Å². The summed E-state index contributed by atoms with van der Waals surface area (Å²) in [6.45, 7) is 2.38. The van der Waals surface area contributed by atoms with Gasteiger partial charge in [-0.15, -0.1) is 11.3 Å². The summed E-state index contributed by atoms with van der Waals surface area (Å²) in [6, 6.07) is 19.9. The Morgan fingerprint density at radius 1 is 1.11 bits per heavy atom. The molecule has 1 spiro atoms. The Bertz CT molecular complexity index is 1460. The summed E-state index contributed by atoms with van der Waals surface area (Å²) in [6.07, 6.45) is 5.28. The van der Waals surface area contributed by atoms with Crippen molar-refractivity contribution >= 4 is 44.8 Å². The maximum Gasteiger partial charge on any atom is 0.329 e. The van der Waals surface area contributed by atoms with Crippen molar-refractivity contribution in [1.82, 2.24) is 9.88 Å². The average molecular weight is 548 g/mol. The van der Waals surface area contributed by atoms with Gasteiger partial charge in [0.1, 0.15) is 11.3 Å². The number of thiophene rings is 1. The molecule has 0 amide bonds. The molecular weight excluding hydrogens is 518 g/mol. The number of benzene rings is 2. The van der Waals surface area contributed by atoms with Gasteiger partial charge in [0, 0.05) is 35.5 Å². The fourth-order valence-electron chi connectivity index (χ4n) is 6.24. The van der Waals surface area contributed by atoms with Crippen molar-refractivity contribution < 1.29 is 14.6 Å². The van der Waals surface area contributed by atoms with Gasteiger partial charge in [-0.2, -0.15) is 0 Å². The number of anilines is 1. The highest BCUT2D eigenvalue weighted by Gasteiger charge is 2.53. The Kier molecular flexibility index (Phi) is 6.76. The van der Waals surface area contributed by atoms with Crippen molar-refractivity contribution in [2.45, 2.75) is 49.7 Å². The number of aliphatic carboxylic acids is 1. The molecule has 0 saturated heterocycles. The van der Waals surface area contributed by atoms with Gasteiger partial charge in [0.05, 0.1) is 16.8 Å². The largest absolute Gasteiger partial charge is 0.492 e. The lowest BCUT2D eigenvalue weighted by Gasteiger charge is -2.48. The first kappa shape index (κ1) is 25.2. The highest BCUT2D eigenvalue weighted by Crippen LogP contribution is 2.51. The molecule has 38 heavy (non-hydrogen) atoms. The van der Waals surface area contributed by atoms with E-state index in [1.807, 2.05) is 29.6 Å².